The van der Waals surface area contributed by atoms with E-state index < -0.39 is 5.97 Å². The van der Waals surface area contributed by atoms with Crippen molar-refractivity contribution in [2.24, 2.45) is 0 Å². The molecular weight excluding hydrogens is 242 g/mol. The first kappa shape index (κ1) is 12.4. The van der Waals surface area contributed by atoms with Crippen LogP contribution in [-0.2, 0) is 16.0 Å². The van der Waals surface area contributed by atoms with E-state index in [0.717, 1.165) is 43.5 Å². The minimum absolute atomic E-state index is 0.0166. The van der Waals surface area contributed by atoms with Crippen molar-refractivity contribution in [1.29, 1.82) is 0 Å². The minimum Gasteiger partial charge on any atom is -0.481 e. The lowest BCUT2D eigenvalue weighted by Gasteiger charge is -2.21. The number of ether oxygens (including phenoxy) is 1. The number of nitrogens with zero attached hydrogens (tertiary/aromatic N) is 2. The molecule has 1 fully saturated rings. The van der Waals surface area contributed by atoms with E-state index in [-0.39, 0.29) is 11.9 Å². The highest BCUT2D eigenvalue weighted by Crippen LogP contribution is 2.17. The summed E-state index contributed by atoms with van der Waals surface area (Å²) in [6.45, 7) is 0.819. The van der Waals surface area contributed by atoms with Gasteiger partial charge in [-0.25, -0.2) is 4.98 Å². The van der Waals surface area contributed by atoms with Gasteiger partial charge in [0.1, 0.15) is 5.82 Å². The Morgan fingerprint density at radius 1 is 1.59 bits per heavy atom. The molecule has 94 valence electrons. The number of aromatic nitrogens is 3. The van der Waals surface area contributed by atoms with E-state index in [2.05, 4.69) is 15.2 Å². The molecule has 17 heavy (non-hydrogen) atoms. The number of aliphatic carboxylic acids is 1. The monoisotopic (exact) mass is 257 g/mol. The first-order valence-electron chi connectivity index (χ1n) is 5.61. The van der Waals surface area contributed by atoms with E-state index in [1.54, 1.807) is 0 Å². The first-order chi connectivity index (χ1) is 8.24. The maximum Gasteiger partial charge on any atom is 0.313 e. The van der Waals surface area contributed by atoms with Crippen molar-refractivity contribution < 1.29 is 14.6 Å². The molecule has 0 spiro atoms. The molecule has 1 aromatic rings. The average Bonchev–Trinajstić information content (AvgIpc) is 2.75. The molecular formula is C10H15N3O3S. The van der Waals surface area contributed by atoms with Gasteiger partial charge in [-0.1, -0.05) is 11.8 Å². The zero-order chi connectivity index (χ0) is 12.1. The lowest BCUT2D eigenvalue weighted by atomic mass is 10.1. The molecule has 0 bridgehead atoms. The molecule has 2 N–H and O–H groups in total. The quantitative estimate of drug-likeness (QED) is 0.768. The fourth-order valence-corrected chi connectivity index (χ4v) is 2.28. The van der Waals surface area contributed by atoms with Gasteiger partial charge < -0.3 is 9.84 Å². The maximum atomic E-state index is 10.4. The zero-order valence-electron chi connectivity index (χ0n) is 9.39. The zero-order valence-corrected chi connectivity index (χ0v) is 10.2. The van der Waals surface area contributed by atoms with Gasteiger partial charge >= 0.3 is 5.97 Å². The molecule has 1 saturated heterocycles. The fraction of sp³-hybridized carbons (Fsp3) is 0.700. The summed E-state index contributed by atoms with van der Waals surface area (Å²) in [5, 5.41) is 15.8. The second-order valence-electron chi connectivity index (χ2n) is 3.94. The molecule has 2 heterocycles. The maximum absolute atomic E-state index is 10.4. The molecule has 7 heteroatoms. The number of rotatable bonds is 5. The minimum atomic E-state index is -0.864. The molecule has 0 radical (unpaired) electrons. The Hall–Kier alpha value is -1.08. The third-order valence-electron chi connectivity index (χ3n) is 2.53. The number of hydrogen-bond donors (Lipinski definition) is 2. The van der Waals surface area contributed by atoms with Crippen molar-refractivity contribution in [3.05, 3.63) is 5.82 Å². The van der Waals surface area contributed by atoms with Gasteiger partial charge in [-0.2, -0.15) is 0 Å². The summed E-state index contributed by atoms with van der Waals surface area (Å²) >= 11 is 1.12. The topological polar surface area (TPSA) is 88.1 Å². The van der Waals surface area contributed by atoms with Crippen molar-refractivity contribution in [2.75, 3.05) is 12.4 Å². The summed E-state index contributed by atoms with van der Waals surface area (Å²) in [5.41, 5.74) is 0. The SMILES string of the molecule is O=C(O)CSc1n[nH]c(CC2CCCCO2)n1. The second-order valence-corrected chi connectivity index (χ2v) is 4.88. The number of carboxylic acids is 1. The largest absolute Gasteiger partial charge is 0.481 e. The number of hydrogen-bond acceptors (Lipinski definition) is 5. The average molecular weight is 257 g/mol. The van der Waals surface area contributed by atoms with Crippen LogP contribution in [0.2, 0.25) is 0 Å². The van der Waals surface area contributed by atoms with Gasteiger partial charge in [0.25, 0.3) is 0 Å². The Balaban J connectivity index is 1.82. The Morgan fingerprint density at radius 3 is 3.18 bits per heavy atom. The summed E-state index contributed by atoms with van der Waals surface area (Å²) in [5.74, 6) is -0.112. The van der Waals surface area contributed by atoms with Crippen LogP contribution < -0.4 is 0 Å². The van der Waals surface area contributed by atoms with Crippen LogP contribution in [0, 0.1) is 0 Å². The summed E-state index contributed by atoms with van der Waals surface area (Å²) in [7, 11) is 0. The molecule has 1 aliphatic heterocycles. The number of thioether (sulfide) groups is 1. The fourth-order valence-electron chi connectivity index (χ4n) is 1.74. The Morgan fingerprint density at radius 2 is 2.47 bits per heavy atom. The van der Waals surface area contributed by atoms with Gasteiger partial charge in [0.15, 0.2) is 0 Å². The van der Waals surface area contributed by atoms with E-state index in [0.29, 0.717) is 5.16 Å². The first-order valence-corrected chi connectivity index (χ1v) is 6.60. The van der Waals surface area contributed by atoms with Crippen LogP contribution in [0.4, 0.5) is 0 Å². The van der Waals surface area contributed by atoms with Crippen LogP contribution in [0.3, 0.4) is 0 Å². The number of carbonyl (C=O) groups is 1. The Labute approximate surface area is 103 Å². The van der Waals surface area contributed by atoms with Gasteiger partial charge in [-0.15, -0.1) is 5.10 Å². The van der Waals surface area contributed by atoms with Crippen molar-refractivity contribution in [3.63, 3.8) is 0 Å². The van der Waals surface area contributed by atoms with Crippen molar-refractivity contribution in [2.45, 2.75) is 36.9 Å². The molecule has 2 rings (SSSR count). The molecule has 1 aliphatic rings. The van der Waals surface area contributed by atoms with Gasteiger partial charge in [0, 0.05) is 13.0 Å². The van der Waals surface area contributed by atoms with Crippen LogP contribution in [0.1, 0.15) is 25.1 Å². The predicted molar refractivity (Wildman–Crippen MR) is 62.0 cm³/mol. The van der Waals surface area contributed by atoms with E-state index >= 15 is 0 Å². The highest BCUT2D eigenvalue weighted by Gasteiger charge is 2.16. The van der Waals surface area contributed by atoms with Crippen molar-refractivity contribution in [1.82, 2.24) is 15.2 Å². The molecule has 0 saturated carbocycles. The van der Waals surface area contributed by atoms with Gasteiger partial charge in [0.2, 0.25) is 5.16 Å². The smallest absolute Gasteiger partial charge is 0.313 e. The highest BCUT2D eigenvalue weighted by atomic mass is 32.2. The Bertz CT molecular complexity index is 377. The molecule has 0 amide bonds. The predicted octanol–water partition coefficient (Wildman–Crippen LogP) is 1.09. The third kappa shape index (κ3) is 4.01. The Kier molecular flexibility index (Phi) is 4.38. The van der Waals surface area contributed by atoms with Gasteiger partial charge in [0.05, 0.1) is 11.9 Å². The summed E-state index contributed by atoms with van der Waals surface area (Å²) in [6.07, 6.45) is 4.32. The number of aromatic amines is 1. The van der Waals surface area contributed by atoms with Crippen LogP contribution in [0.15, 0.2) is 5.16 Å². The number of H-pyrrole nitrogens is 1. The molecule has 1 atom stereocenters. The lowest BCUT2D eigenvalue weighted by Crippen LogP contribution is -2.21. The number of nitrogens with one attached hydrogen (secondary N) is 1. The van der Waals surface area contributed by atoms with Crippen LogP contribution in [-0.4, -0.2) is 44.7 Å². The summed E-state index contributed by atoms with van der Waals surface area (Å²) < 4.78 is 5.60. The standard InChI is InChI=1S/C10H15N3O3S/c14-9(15)6-17-10-11-8(12-13-10)5-7-3-1-2-4-16-7/h7H,1-6H2,(H,14,15)(H,11,12,13). The lowest BCUT2D eigenvalue weighted by molar-refractivity contribution is -0.133. The molecule has 0 aliphatic carbocycles. The molecule has 1 aromatic heterocycles. The van der Waals surface area contributed by atoms with E-state index in [1.807, 2.05) is 0 Å². The second kappa shape index (κ2) is 6.02. The van der Waals surface area contributed by atoms with E-state index in [9.17, 15) is 4.79 Å². The van der Waals surface area contributed by atoms with E-state index in [4.69, 9.17) is 9.84 Å². The molecule has 6 nitrogen and oxygen atoms in total. The summed E-state index contributed by atoms with van der Waals surface area (Å²) in [6, 6.07) is 0. The van der Waals surface area contributed by atoms with Crippen molar-refractivity contribution in [3.8, 4) is 0 Å². The summed E-state index contributed by atoms with van der Waals surface area (Å²) in [4.78, 5) is 14.6. The van der Waals surface area contributed by atoms with Crippen molar-refractivity contribution >= 4 is 17.7 Å². The number of carboxylic acid groups (broad SMARTS) is 1. The van der Waals surface area contributed by atoms with Crippen LogP contribution >= 0.6 is 11.8 Å². The highest BCUT2D eigenvalue weighted by molar-refractivity contribution is 7.99. The molecule has 0 aromatic carbocycles. The van der Waals surface area contributed by atoms with Gasteiger partial charge in [-0.05, 0) is 19.3 Å². The molecule has 1 unspecified atom stereocenters. The third-order valence-corrected chi connectivity index (χ3v) is 3.36. The van der Waals surface area contributed by atoms with Crippen LogP contribution in [0.25, 0.3) is 0 Å². The van der Waals surface area contributed by atoms with Crippen LogP contribution in [0.5, 0.6) is 0 Å². The normalized spacial score (nSPS) is 20.4. The van der Waals surface area contributed by atoms with E-state index in [1.165, 1.54) is 6.42 Å². The van der Waals surface area contributed by atoms with Gasteiger partial charge in [-0.3, -0.25) is 9.89 Å².